The molecule has 2 aromatic rings. The van der Waals surface area contributed by atoms with Crippen molar-refractivity contribution >= 4 is 43.2 Å². The Morgan fingerprint density at radius 2 is 1.05 bits per heavy atom. The molecule has 0 aliphatic rings. The molecule has 0 saturated heterocycles. The molecule has 110 valence electrons. The third-order valence-corrected chi connectivity index (χ3v) is 2.69. The highest BCUT2D eigenvalue weighted by atomic mass is 35.5. The fraction of sp³-hybridized carbons (Fsp3) is 0.0714. The number of carboxylic acid groups (broad SMARTS) is 1. The smallest absolute Gasteiger partial charge is 0.345 e. The Hall–Kier alpha value is -1.26. The maximum atomic E-state index is 11.4. The van der Waals surface area contributed by atoms with E-state index in [1.807, 2.05) is 0 Å². The highest BCUT2D eigenvalue weighted by molar-refractivity contribution is 5.86. The van der Waals surface area contributed by atoms with Gasteiger partial charge in [0.05, 0.1) is 0 Å². The number of aliphatic hydroxyl groups is 1. The molecule has 0 fully saturated rings. The summed E-state index contributed by atoms with van der Waals surface area (Å²) in [5, 5.41) is 19.7. The average Bonchev–Trinajstić information content (AvgIpc) is 2.39. The molecule has 0 amide bonds. The van der Waals surface area contributed by atoms with Gasteiger partial charge in [0.2, 0.25) is 5.60 Å². The lowest BCUT2D eigenvalue weighted by molar-refractivity contribution is -0.155. The first-order valence-electron chi connectivity index (χ1n) is 5.22. The van der Waals surface area contributed by atoms with E-state index < -0.39 is 11.6 Å². The van der Waals surface area contributed by atoms with Crippen LogP contribution in [0.5, 0.6) is 0 Å². The normalized spacial score (nSPS) is 9.45. The van der Waals surface area contributed by atoms with Gasteiger partial charge in [0.25, 0.3) is 0 Å². The fourth-order valence-corrected chi connectivity index (χ4v) is 1.77. The SMILES string of the molecule is Cl.Cl.Cl.O=C(O)C(O)(c1ccccc1)c1ccccc1. The Bertz CT molecular complexity index is 478. The molecule has 0 aromatic heterocycles. The lowest BCUT2D eigenvalue weighted by Crippen LogP contribution is -2.36. The summed E-state index contributed by atoms with van der Waals surface area (Å²) in [5.41, 5.74) is -1.31. The van der Waals surface area contributed by atoms with Gasteiger partial charge < -0.3 is 10.2 Å². The fourth-order valence-electron chi connectivity index (χ4n) is 1.77. The van der Waals surface area contributed by atoms with E-state index >= 15 is 0 Å². The number of aliphatic carboxylic acids is 1. The molecule has 0 spiro atoms. The van der Waals surface area contributed by atoms with Gasteiger partial charge in [-0.3, -0.25) is 0 Å². The second-order valence-electron chi connectivity index (χ2n) is 3.75. The summed E-state index contributed by atoms with van der Waals surface area (Å²) in [6.07, 6.45) is 0. The predicted octanol–water partition coefficient (Wildman–Crippen LogP) is 3.27. The number of carboxylic acids is 1. The minimum absolute atomic E-state index is 0. The molecule has 0 bridgehead atoms. The number of halogens is 3. The van der Waals surface area contributed by atoms with E-state index in [9.17, 15) is 15.0 Å². The number of carbonyl (C=O) groups is 1. The molecule has 0 radical (unpaired) electrons. The first-order valence-corrected chi connectivity index (χ1v) is 5.22. The lowest BCUT2D eigenvalue weighted by Gasteiger charge is -2.24. The largest absolute Gasteiger partial charge is 0.479 e. The van der Waals surface area contributed by atoms with Crippen LogP contribution in [0.15, 0.2) is 60.7 Å². The van der Waals surface area contributed by atoms with Gasteiger partial charge in [0, 0.05) is 0 Å². The Kier molecular flexibility index (Phi) is 9.28. The van der Waals surface area contributed by atoms with E-state index in [4.69, 9.17) is 0 Å². The summed E-state index contributed by atoms with van der Waals surface area (Å²) in [6.45, 7) is 0. The third kappa shape index (κ3) is 3.87. The molecule has 6 heteroatoms. The van der Waals surface area contributed by atoms with Crippen molar-refractivity contribution in [2.24, 2.45) is 0 Å². The van der Waals surface area contributed by atoms with Gasteiger partial charge in [-0.05, 0) is 11.1 Å². The second-order valence-corrected chi connectivity index (χ2v) is 3.75. The highest BCUT2D eigenvalue weighted by Gasteiger charge is 2.39. The summed E-state index contributed by atoms with van der Waals surface area (Å²) in [4.78, 5) is 11.4. The van der Waals surface area contributed by atoms with Crippen molar-refractivity contribution < 1.29 is 15.0 Å². The van der Waals surface area contributed by atoms with Crippen LogP contribution in [0.25, 0.3) is 0 Å². The first kappa shape index (κ1) is 21.0. The van der Waals surface area contributed by atoms with Crippen molar-refractivity contribution in [3.05, 3.63) is 71.8 Å². The van der Waals surface area contributed by atoms with E-state index in [0.717, 1.165) is 0 Å². The predicted molar refractivity (Wildman–Crippen MR) is 85.3 cm³/mol. The Morgan fingerprint density at radius 1 is 0.750 bits per heavy atom. The minimum Gasteiger partial charge on any atom is -0.479 e. The summed E-state index contributed by atoms with van der Waals surface area (Å²) in [6, 6.07) is 16.7. The molecule has 2 N–H and O–H groups in total. The van der Waals surface area contributed by atoms with Gasteiger partial charge in [0.1, 0.15) is 0 Å². The molecule has 0 heterocycles. The maximum Gasteiger partial charge on any atom is 0.345 e. The number of hydrogen-bond acceptors (Lipinski definition) is 2. The summed E-state index contributed by atoms with van der Waals surface area (Å²) < 4.78 is 0. The van der Waals surface area contributed by atoms with E-state index in [0.29, 0.717) is 11.1 Å². The Labute approximate surface area is 135 Å². The van der Waals surface area contributed by atoms with Gasteiger partial charge in [-0.25, -0.2) is 4.79 Å². The van der Waals surface area contributed by atoms with Gasteiger partial charge in [-0.2, -0.15) is 0 Å². The molecular formula is C14H15Cl3O3. The molecule has 2 rings (SSSR count). The third-order valence-electron chi connectivity index (χ3n) is 2.69. The molecule has 0 unspecified atom stereocenters. The molecule has 0 atom stereocenters. The number of hydrogen-bond donors (Lipinski definition) is 2. The van der Waals surface area contributed by atoms with Crippen LogP contribution in [0.2, 0.25) is 0 Å². The maximum absolute atomic E-state index is 11.4. The molecular weight excluding hydrogens is 323 g/mol. The topological polar surface area (TPSA) is 57.5 Å². The van der Waals surface area contributed by atoms with Crippen LogP contribution in [0, 0.1) is 0 Å². The first-order chi connectivity index (χ1) is 8.15. The van der Waals surface area contributed by atoms with E-state index in [1.165, 1.54) is 0 Å². The molecule has 0 saturated carbocycles. The highest BCUT2D eigenvalue weighted by Crippen LogP contribution is 2.29. The molecule has 2 aromatic carbocycles. The molecule has 0 aliphatic heterocycles. The van der Waals surface area contributed by atoms with Crippen molar-refractivity contribution in [2.75, 3.05) is 0 Å². The average molecular weight is 338 g/mol. The lowest BCUT2D eigenvalue weighted by atomic mass is 9.86. The molecule has 3 nitrogen and oxygen atoms in total. The molecule has 20 heavy (non-hydrogen) atoms. The zero-order chi connectivity index (χ0) is 12.3. The van der Waals surface area contributed by atoms with Crippen molar-refractivity contribution in [3.63, 3.8) is 0 Å². The van der Waals surface area contributed by atoms with E-state index in [2.05, 4.69) is 0 Å². The molecule has 0 aliphatic carbocycles. The van der Waals surface area contributed by atoms with Crippen LogP contribution >= 0.6 is 37.2 Å². The van der Waals surface area contributed by atoms with Gasteiger partial charge in [0.15, 0.2) is 0 Å². The van der Waals surface area contributed by atoms with Crippen LogP contribution < -0.4 is 0 Å². The summed E-state index contributed by atoms with van der Waals surface area (Å²) >= 11 is 0. The van der Waals surface area contributed by atoms with E-state index in [-0.39, 0.29) is 37.2 Å². The number of rotatable bonds is 3. The van der Waals surface area contributed by atoms with Crippen LogP contribution in [0.3, 0.4) is 0 Å². The standard InChI is InChI=1S/C14H12O3.3ClH/c15-13(16)14(17,11-7-3-1-4-8-11)12-9-5-2-6-10-12;;;/h1-10,17H,(H,15,16);3*1H. The van der Waals surface area contributed by atoms with Gasteiger partial charge >= 0.3 is 5.97 Å². The Morgan fingerprint density at radius 3 is 1.30 bits per heavy atom. The zero-order valence-corrected chi connectivity index (χ0v) is 12.8. The Balaban J connectivity index is 0. The van der Waals surface area contributed by atoms with Gasteiger partial charge in [-0.15, -0.1) is 37.2 Å². The van der Waals surface area contributed by atoms with Gasteiger partial charge in [-0.1, -0.05) is 60.7 Å². The van der Waals surface area contributed by atoms with Crippen molar-refractivity contribution in [1.29, 1.82) is 0 Å². The van der Waals surface area contributed by atoms with Crippen molar-refractivity contribution in [1.82, 2.24) is 0 Å². The van der Waals surface area contributed by atoms with Crippen LogP contribution in [-0.2, 0) is 10.4 Å². The van der Waals surface area contributed by atoms with Crippen LogP contribution in [-0.4, -0.2) is 16.2 Å². The quantitative estimate of drug-likeness (QED) is 0.903. The monoisotopic (exact) mass is 336 g/mol. The summed E-state index contributed by atoms with van der Waals surface area (Å²) in [7, 11) is 0. The van der Waals surface area contributed by atoms with Crippen molar-refractivity contribution in [2.45, 2.75) is 5.60 Å². The second kappa shape index (κ2) is 8.82. The van der Waals surface area contributed by atoms with Crippen LogP contribution in [0.4, 0.5) is 0 Å². The van der Waals surface area contributed by atoms with E-state index in [1.54, 1.807) is 60.7 Å². The zero-order valence-electron chi connectivity index (χ0n) is 10.3. The van der Waals surface area contributed by atoms with Crippen molar-refractivity contribution in [3.8, 4) is 0 Å². The minimum atomic E-state index is -2.00. The van der Waals surface area contributed by atoms with Crippen LogP contribution in [0.1, 0.15) is 11.1 Å². The number of benzene rings is 2. The summed E-state index contributed by atoms with van der Waals surface area (Å²) in [5.74, 6) is -1.28.